The van der Waals surface area contributed by atoms with Crippen LogP contribution in [0.25, 0.3) is 0 Å². The summed E-state index contributed by atoms with van der Waals surface area (Å²) in [6.07, 6.45) is -2.41. The first kappa shape index (κ1) is 15.1. The molecule has 0 saturated heterocycles. The molecule has 2 aromatic heterocycles. The molecule has 21 heavy (non-hydrogen) atoms. The quantitative estimate of drug-likeness (QED) is 0.858. The minimum atomic E-state index is -4.51. The summed E-state index contributed by atoms with van der Waals surface area (Å²) in [5, 5.41) is 5.53. The van der Waals surface area contributed by atoms with Gasteiger partial charge in [-0.05, 0) is 19.1 Å². The molecule has 0 aliphatic carbocycles. The van der Waals surface area contributed by atoms with Crippen molar-refractivity contribution in [2.45, 2.75) is 19.5 Å². The maximum atomic E-state index is 12.8. The van der Waals surface area contributed by atoms with Gasteiger partial charge in [0, 0.05) is 25.6 Å². The summed E-state index contributed by atoms with van der Waals surface area (Å²) in [5.74, 6) is 0.826. The maximum Gasteiger partial charge on any atom is 0.433 e. The summed E-state index contributed by atoms with van der Waals surface area (Å²) >= 11 is 0. The first-order valence-corrected chi connectivity index (χ1v) is 6.45. The van der Waals surface area contributed by atoms with Crippen LogP contribution in [0.15, 0.2) is 28.9 Å². The van der Waals surface area contributed by atoms with Gasteiger partial charge in [-0.15, -0.1) is 0 Å². The van der Waals surface area contributed by atoms with Gasteiger partial charge in [0.1, 0.15) is 11.6 Å². The summed E-state index contributed by atoms with van der Waals surface area (Å²) in [7, 11) is 0. The molecule has 0 aliphatic heterocycles. The first-order chi connectivity index (χ1) is 9.99. The summed E-state index contributed by atoms with van der Waals surface area (Å²) in [6, 6.07) is 4.45. The Bertz CT molecular complexity index is 569. The van der Waals surface area contributed by atoms with Crippen LogP contribution in [-0.2, 0) is 12.6 Å². The van der Waals surface area contributed by atoms with Crippen molar-refractivity contribution in [3.05, 3.63) is 35.9 Å². The Hall–Kier alpha value is -2.25. The van der Waals surface area contributed by atoms with Crippen LogP contribution in [0.1, 0.15) is 18.4 Å². The fraction of sp³-hybridized carbons (Fsp3) is 0.385. The van der Waals surface area contributed by atoms with Gasteiger partial charge in [-0.25, -0.2) is 4.98 Å². The molecule has 0 saturated carbocycles. The Labute approximate surface area is 119 Å². The average molecular weight is 300 g/mol. The van der Waals surface area contributed by atoms with E-state index in [4.69, 9.17) is 4.42 Å². The number of furan rings is 1. The van der Waals surface area contributed by atoms with Crippen molar-refractivity contribution >= 4 is 11.8 Å². The van der Waals surface area contributed by atoms with Crippen LogP contribution < -0.4 is 10.6 Å². The number of hydrogen-bond acceptors (Lipinski definition) is 5. The van der Waals surface area contributed by atoms with Crippen molar-refractivity contribution in [1.82, 2.24) is 9.97 Å². The SMILES string of the molecule is CCNc1nc(NCCc2ccco2)cc(C(F)(F)F)n1. The second-order valence-corrected chi connectivity index (χ2v) is 4.25. The Morgan fingerprint density at radius 2 is 2.05 bits per heavy atom. The molecular weight excluding hydrogens is 285 g/mol. The van der Waals surface area contributed by atoms with Crippen LogP contribution in [0.2, 0.25) is 0 Å². The van der Waals surface area contributed by atoms with Crippen molar-refractivity contribution in [3.63, 3.8) is 0 Å². The van der Waals surface area contributed by atoms with Gasteiger partial charge in [0.2, 0.25) is 5.95 Å². The summed E-state index contributed by atoms with van der Waals surface area (Å²) in [4.78, 5) is 7.44. The van der Waals surface area contributed by atoms with Crippen molar-refractivity contribution in [2.75, 3.05) is 23.7 Å². The van der Waals surface area contributed by atoms with Gasteiger partial charge in [-0.1, -0.05) is 0 Å². The zero-order valence-corrected chi connectivity index (χ0v) is 11.4. The Morgan fingerprint density at radius 1 is 1.24 bits per heavy atom. The van der Waals surface area contributed by atoms with Crippen LogP contribution >= 0.6 is 0 Å². The standard InChI is InChI=1S/C13H15F3N4O/c1-2-17-12-19-10(13(14,15)16)8-11(20-12)18-6-5-9-4-3-7-21-9/h3-4,7-8H,2,5-6H2,1H3,(H2,17,18,19,20). The van der Waals surface area contributed by atoms with Gasteiger partial charge < -0.3 is 15.1 Å². The Morgan fingerprint density at radius 3 is 2.67 bits per heavy atom. The number of halogens is 3. The van der Waals surface area contributed by atoms with E-state index >= 15 is 0 Å². The molecule has 8 heteroatoms. The molecule has 0 unspecified atom stereocenters. The molecule has 2 heterocycles. The first-order valence-electron chi connectivity index (χ1n) is 6.45. The third-order valence-corrected chi connectivity index (χ3v) is 2.61. The molecule has 5 nitrogen and oxygen atoms in total. The predicted molar refractivity (Wildman–Crippen MR) is 72.1 cm³/mol. The lowest BCUT2D eigenvalue weighted by Gasteiger charge is -2.11. The van der Waals surface area contributed by atoms with Gasteiger partial charge in [-0.2, -0.15) is 18.2 Å². The number of hydrogen-bond donors (Lipinski definition) is 2. The number of aromatic nitrogens is 2. The Balaban J connectivity index is 2.08. The lowest BCUT2D eigenvalue weighted by molar-refractivity contribution is -0.141. The van der Waals surface area contributed by atoms with E-state index in [9.17, 15) is 13.2 Å². The van der Waals surface area contributed by atoms with Crippen LogP contribution in [0.3, 0.4) is 0 Å². The summed E-state index contributed by atoms with van der Waals surface area (Å²) in [6.45, 7) is 2.61. The van der Waals surface area contributed by atoms with Crippen LogP contribution in [0.5, 0.6) is 0 Å². The van der Waals surface area contributed by atoms with E-state index in [0.29, 0.717) is 19.5 Å². The number of anilines is 2. The number of rotatable bonds is 6. The number of nitrogens with one attached hydrogen (secondary N) is 2. The maximum absolute atomic E-state index is 12.8. The van der Waals surface area contributed by atoms with E-state index in [2.05, 4.69) is 20.6 Å². The molecular formula is C13H15F3N4O. The molecule has 0 aliphatic rings. The van der Waals surface area contributed by atoms with Gasteiger partial charge in [0.15, 0.2) is 5.69 Å². The highest BCUT2D eigenvalue weighted by atomic mass is 19.4. The smallest absolute Gasteiger partial charge is 0.433 e. The molecule has 2 rings (SSSR count). The average Bonchev–Trinajstić information content (AvgIpc) is 2.91. The van der Waals surface area contributed by atoms with E-state index in [1.54, 1.807) is 25.3 Å². The van der Waals surface area contributed by atoms with E-state index in [0.717, 1.165) is 11.8 Å². The molecule has 2 N–H and O–H groups in total. The van der Waals surface area contributed by atoms with Crippen LogP contribution in [0.4, 0.5) is 24.9 Å². The lowest BCUT2D eigenvalue weighted by atomic mass is 10.3. The summed E-state index contributed by atoms with van der Waals surface area (Å²) < 4.78 is 43.5. The second-order valence-electron chi connectivity index (χ2n) is 4.25. The third kappa shape index (κ3) is 4.37. The number of alkyl halides is 3. The molecule has 0 amide bonds. The van der Waals surface area contributed by atoms with Crippen molar-refractivity contribution in [1.29, 1.82) is 0 Å². The van der Waals surface area contributed by atoms with Gasteiger partial charge in [0.25, 0.3) is 0 Å². The zero-order valence-electron chi connectivity index (χ0n) is 11.4. The zero-order chi connectivity index (χ0) is 15.3. The molecule has 114 valence electrons. The molecule has 0 atom stereocenters. The normalized spacial score (nSPS) is 11.4. The molecule has 0 bridgehead atoms. The fourth-order valence-electron chi connectivity index (χ4n) is 1.69. The number of nitrogens with zero attached hydrogens (tertiary/aromatic N) is 2. The monoisotopic (exact) mass is 300 g/mol. The highest BCUT2D eigenvalue weighted by molar-refractivity contribution is 5.43. The van der Waals surface area contributed by atoms with Crippen molar-refractivity contribution in [3.8, 4) is 0 Å². The van der Waals surface area contributed by atoms with Crippen LogP contribution in [0, 0.1) is 0 Å². The van der Waals surface area contributed by atoms with Crippen LogP contribution in [-0.4, -0.2) is 23.1 Å². The molecule has 0 radical (unpaired) electrons. The fourth-order valence-corrected chi connectivity index (χ4v) is 1.69. The third-order valence-electron chi connectivity index (χ3n) is 2.61. The van der Waals surface area contributed by atoms with E-state index in [1.807, 2.05) is 0 Å². The lowest BCUT2D eigenvalue weighted by Crippen LogP contribution is -2.15. The molecule has 0 fully saturated rings. The molecule has 0 spiro atoms. The highest BCUT2D eigenvalue weighted by Gasteiger charge is 2.33. The topological polar surface area (TPSA) is 63.0 Å². The minimum absolute atomic E-state index is 0.0483. The highest BCUT2D eigenvalue weighted by Crippen LogP contribution is 2.29. The van der Waals surface area contributed by atoms with E-state index < -0.39 is 11.9 Å². The largest absolute Gasteiger partial charge is 0.469 e. The van der Waals surface area contributed by atoms with E-state index in [-0.39, 0.29) is 11.8 Å². The Kier molecular flexibility index (Phi) is 4.66. The van der Waals surface area contributed by atoms with Gasteiger partial charge >= 0.3 is 6.18 Å². The van der Waals surface area contributed by atoms with E-state index in [1.165, 1.54) is 0 Å². The summed E-state index contributed by atoms with van der Waals surface area (Å²) in [5.41, 5.74) is -0.978. The molecule has 0 aromatic carbocycles. The van der Waals surface area contributed by atoms with Gasteiger partial charge in [-0.3, -0.25) is 0 Å². The van der Waals surface area contributed by atoms with Crippen molar-refractivity contribution in [2.24, 2.45) is 0 Å². The minimum Gasteiger partial charge on any atom is -0.469 e. The molecule has 2 aromatic rings. The van der Waals surface area contributed by atoms with Crippen molar-refractivity contribution < 1.29 is 17.6 Å². The van der Waals surface area contributed by atoms with Gasteiger partial charge in [0.05, 0.1) is 6.26 Å². The second kappa shape index (κ2) is 6.47. The predicted octanol–water partition coefficient (Wildman–Crippen LogP) is 3.17.